The molecule has 1 heterocycles. The third-order valence-electron chi connectivity index (χ3n) is 2.68. The third kappa shape index (κ3) is 4.10. The van der Waals surface area contributed by atoms with Crippen LogP contribution in [0.3, 0.4) is 0 Å². The van der Waals surface area contributed by atoms with Crippen LogP contribution in [0, 0.1) is 0 Å². The van der Waals surface area contributed by atoms with Gasteiger partial charge in [-0.25, -0.2) is 4.79 Å². The van der Waals surface area contributed by atoms with E-state index in [0.717, 1.165) is 0 Å². The Labute approximate surface area is 153 Å². The fourth-order valence-electron chi connectivity index (χ4n) is 1.74. The maximum absolute atomic E-state index is 11.8. The SMILES string of the molecule is C[C@H](Br)[C@@H](OC(=O)C(Cl)(Cl)Cl)c1cc2c(cc1Br)OCO2. The van der Waals surface area contributed by atoms with Gasteiger partial charge in [-0.05, 0) is 19.1 Å². The van der Waals surface area contributed by atoms with Gasteiger partial charge in [-0.15, -0.1) is 0 Å². The lowest BCUT2D eigenvalue weighted by Crippen LogP contribution is -2.27. The molecule has 1 aliphatic heterocycles. The second-order valence-electron chi connectivity index (χ2n) is 4.23. The molecule has 1 aromatic rings. The molecule has 0 saturated heterocycles. The Morgan fingerprint density at radius 1 is 1.33 bits per heavy atom. The standard InChI is InChI=1S/C12H9Br2Cl3O4/c1-5(13)10(21-11(18)12(15,16)17)6-2-8-9(3-7(6)14)20-4-19-8/h2-3,5,10H,4H2,1H3/t5-,10+/m0/s1. The zero-order valence-corrected chi connectivity index (χ0v) is 16.0. The topological polar surface area (TPSA) is 44.8 Å². The number of alkyl halides is 4. The molecule has 0 bridgehead atoms. The van der Waals surface area contributed by atoms with Crippen LogP contribution in [0.15, 0.2) is 16.6 Å². The van der Waals surface area contributed by atoms with Gasteiger partial charge in [-0.2, -0.15) is 0 Å². The minimum Gasteiger partial charge on any atom is -0.454 e. The molecule has 1 aromatic carbocycles. The molecular weight excluding hydrogens is 474 g/mol. The van der Waals surface area contributed by atoms with Crippen LogP contribution in [-0.4, -0.2) is 21.4 Å². The zero-order chi connectivity index (χ0) is 15.8. The number of carbonyl (C=O) groups is 1. The fourth-order valence-corrected chi connectivity index (χ4v) is 2.81. The first kappa shape index (κ1) is 17.5. The molecule has 0 unspecified atom stereocenters. The number of hydrogen-bond donors (Lipinski definition) is 0. The Morgan fingerprint density at radius 3 is 2.43 bits per heavy atom. The number of rotatable bonds is 3. The van der Waals surface area contributed by atoms with Crippen molar-refractivity contribution in [3.8, 4) is 11.5 Å². The minimum absolute atomic E-state index is 0.147. The Balaban J connectivity index is 2.33. The number of benzene rings is 1. The van der Waals surface area contributed by atoms with Crippen molar-refractivity contribution in [2.75, 3.05) is 6.79 Å². The summed E-state index contributed by atoms with van der Waals surface area (Å²) in [5.41, 5.74) is 0.672. The number of halogens is 5. The average molecular weight is 483 g/mol. The van der Waals surface area contributed by atoms with Gasteiger partial charge in [-0.1, -0.05) is 66.7 Å². The minimum atomic E-state index is -2.14. The van der Waals surface area contributed by atoms with Crippen LogP contribution in [0.25, 0.3) is 0 Å². The molecule has 0 amide bonds. The monoisotopic (exact) mass is 480 g/mol. The average Bonchev–Trinajstić information content (AvgIpc) is 2.80. The summed E-state index contributed by atoms with van der Waals surface area (Å²) in [7, 11) is 0. The first-order valence-electron chi connectivity index (χ1n) is 5.71. The lowest BCUT2D eigenvalue weighted by molar-refractivity contribution is -0.148. The smallest absolute Gasteiger partial charge is 0.359 e. The summed E-state index contributed by atoms with van der Waals surface area (Å²) in [6.07, 6.45) is -0.669. The van der Waals surface area contributed by atoms with Gasteiger partial charge in [-0.3, -0.25) is 0 Å². The summed E-state index contributed by atoms with van der Waals surface area (Å²) in [4.78, 5) is 11.6. The normalized spacial score (nSPS) is 16.5. The largest absolute Gasteiger partial charge is 0.454 e. The van der Waals surface area contributed by atoms with Gasteiger partial charge in [0.2, 0.25) is 6.79 Å². The van der Waals surface area contributed by atoms with E-state index in [0.29, 0.717) is 21.5 Å². The van der Waals surface area contributed by atoms with Crippen molar-refractivity contribution < 1.29 is 19.0 Å². The number of carbonyl (C=O) groups excluding carboxylic acids is 1. The predicted molar refractivity (Wildman–Crippen MR) is 87.8 cm³/mol. The van der Waals surface area contributed by atoms with E-state index in [1.54, 1.807) is 12.1 Å². The van der Waals surface area contributed by atoms with Crippen LogP contribution in [-0.2, 0) is 9.53 Å². The van der Waals surface area contributed by atoms with Crippen molar-refractivity contribution >= 4 is 72.6 Å². The highest BCUT2D eigenvalue weighted by Crippen LogP contribution is 2.42. The summed E-state index contributed by atoms with van der Waals surface area (Å²) in [5.74, 6) is 0.226. The molecule has 2 rings (SSSR count). The Morgan fingerprint density at radius 2 is 1.90 bits per heavy atom. The first-order valence-corrected chi connectivity index (χ1v) is 8.55. The van der Waals surface area contributed by atoms with Crippen LogP contribution in [0.2, 0.25) is 0 Å². The number of esters is 1. The highest BCUT2D eigenvalue weighted by Gasteiger charge is 2.37. The molecular formula is C12H9Br2Cl3O4. The molecule has 21 heavy (non-hydrogen) atoms. The molecule has 9 heteroatoms. The highest BCUT2D eigenvalue weighted by molar-refractivity contribution is 9.10. The van der Waals surface area contributed by atoms with E-state index >= 15 is 0 Å². The van der Waals surface area contributed by atoms with Crippen LogP contribution < -0.4 is 9.47 Å². The molecule has 0 aromatic heterocycles. The maximum atomic E-state index is 11.8. The molecule has 1 aliphatic rings. The molecule has 116 valence electrons. The van der Waals surface area contributed by atoms with E-state index in [4.69, 9.17) is 49.0 Å². The Bertz CT molecular complexity index is 560. The molecule has 0 aliphatic carbocycles. The molecule has 0 radical (unpaired) electrons. The lowest BCUT2D eigenvalue weighted by Gasteiger charge is -2.24. The van der Waals surface area contributed by atoms with Gasteiger partial charge in [0, 0.05) is 10.0 Å². The molecule has 2 atom stereocenters. The van der Waals surface area contributed by atoms with E-state index in [2.05, 4.69) is 31.9 Å². The number of hydrogen-bond acceptors (Lipinski definition) is 4. The van der Waals surface area contributed by atoms with Gasteiger partial charge in [0.1, 0.15) is 6.10 Å². The number of fused-ring (bicyclic) bond motifs is 1. The van der Waals surface area contributed by atoms with Crippen LogP contribution >= 0.6 is 66.7 Å². The lowest BCUT2D eigenvalue weighted by atomic mass is 10.1. The van der Waals surface area contributed by atoms with E-state index in [1.807, 2.05) is 6.92 Å². The van der Waals surface area contributed by atoms with Crippen molar-refractivity contribution in [1.29, 1.82) is 0 Å². The summed E-state index contributed by atoms with van der Waals surface area (Å²) in [5, 5.41) is 0. The summed E-state index contributed by atoms with van der Waals surface area (Å²) >= 11 is 23.4. The summed E-state index contributed by atoms with van der Waals surface area (Å²) in [6, 6.07) is 3.46. The van der Waals surface area contributed by atoms with Crippen molar-refractivity contribution in [1.82, 2.24) is 0 Å². The Kier molecular flexibility index (Phi) is 5.58. The van der Waals surface area contributed by atoms with E-state index in [9.17, 15) is 4.79 Å². The van der Waals surface area contributed by atoms with Crippen LogP contribution in [0.5, 0.6) is 11.5 Å². The fraction of sp³-hybridized carbons (Fsp3) is 0.417. The molecule has 0 saturated carbocycles. The first-order chi connectivity index (χ1) is 9.70. The molecule has 0 N–H and O–H groups in total. The molecule has 0 fully saturated rings. The summed E-state index contributed by atoms with van der Waals surface area (Å²) in [6.45, 7) is 1.96. The summed E-state index contributed by atoms with van der Waals surface area (Å²) < 4.78 is 14.4. The highest BCUT2D eigenvalue weighted by atomic mass is 79.9. The maximum Gasteiger partial charge on any atom is 0.359 e. The van der Waals surface area contributed by atoms with Crippen molar-refractivity contribution in [2.24, 2.45) is 0 Å². The van der Waals surface area contributed by atoms with E-state index in [1.165, 1.54) is 0 Å². The van der Waals surface area contributed by atoms with Gasteiger partial charge >= 0.3 is 5.97 Å². The van der Waals surface area contributed by atoms with Crippen LogP contribution in [0.1, 0.15) is 18.6 Å². The predicted octanol–water partition coefficient (Wildman–Crippen LogP) is 4.92. The van der Waals surface area contributed by atoms with Crippen LogP contribution in [0.4, 0.5) is 0 Å². The molecule has 4 nitrogen and oxygen atoms in total. The van der Waals surface area contributed by atoms with Crippen molar-refractivity contribution in [3.05, 3.63) is 22.2 Å². The van der Waals surface area contributed by atoms with Gasteiger partial charge in [0.25, 0.3) is 3.79 Å². The Hall–Kier alpha value is 0.120. The van der Waals surface area contributed by atoms with E-state index < -0.39 is 15.9 Å². The van der Waals surface area contributed by atoms with Crippen molar-refractivity contribution in [3.63, 3.8) is 0 Å². The zero-order valence-electron chi connectivity index (χ0n) is 10.5. The van der Waals surface area contributed by atoms with E-state index in [-0.39, 0.29) is 11.6 Å². The van der Waals surface area contributed by atoms with Gasteiger partial charge in [0.05, 0.1) is 4.83 Å². The second kappa shape index (κ2) is 6.71. The molecule has 0 spiro atoms. The number of ether oxygens (including phenoxy) is 3. The van der Waals surface area contributed by atoms with Gasteiger partial charge < -0.3 is 14.2 Å². The third-order valence-corrected chi connectivity index (χ3v) is 4.31. The second-order valence-corrected chi connectivity index (χ2v) is 8.81. The van der Waals surface area contributed by atoms with Crippen molar-refractivity contribution in [2.45, 2.75) is 21.6 Å². The van der Waals surface area contributed by atoms with Gasteiger partial charge in [0.15, 0.2) is 11.5 Å². The quantitative estimate of drug-likeness (QED) is 0.453.